The van der Waals surface area contributed by atoms with Crippen LogP contribution in [0.1, 0.15) is 414 Å². The Morgan fingerprint density at radius 2 is 0.515 bits per heavy atom. The lowest BCUT2D eigenvalue weighted by atomic mass is 9.99. The third kappa shape index (κ3) is 72.8. The molecule has 0 heterocycles. The number of ether oxygens (including phenoxy) is 4. The van der Waals surface area contributed by atoms with Gasteiger partial charge in [-0.15, -0.1) is 0 Å². The second-order valence-corrected chi connectivity index (χ2v) is 32.9. The maximum Gasteiger partial charge on any atom is 0.472 e. The second-order valence-electron chi connectivity index (χ2n) is 30.0. The summed E-state index contributed by atoms with van der Waals surface area (Å²) in [6.45, 7) is 11.9. The van der Waals surface area contributed by atoms with Crippen LogP contribution in [0.25, 0.3) is 0 Å². The van der Waals surface area contributed by atoms with E-state index in [2.05, 4.69) is 48.5 Å². The quantitative estimate of drug-likeness (QED) is 0.0222. The molecule has 19 heteroatoms. The summed E-state index contributed by atoms with van der Waals surface area (Å²) < 4.78 is 68.6. The molecule has 0 radical (unpaired) electrons. The van der Waals surface area contributed by atoms with E-state index >= 15 is 0 Å². The average Bonchev–Trinajstić information content (AvgIpc) is 1.35. The van der Waals surface area contributed by atoms with Crippen molar-refractivity contribution in [2.24, 2.45) is 17.8 Å². The van der Waals surface area contributed by atoms with Crippen LogP contribution in [-0.4, -0.2) is 96.7 Å². The molecule has 588 valence electrons. The largest absolute Gasteiger partial charge is 0.472 e. The van der Waals surface area contributed by atoms with Gasteiger partial charge in [0.25, 0.3) is 0 Å². The highest BCUT2D eigenvalue weighted by Gasteiger charge is 2.30. The highest BCUT2D eigenvalue weighted by atomic mass is 31.2. The molecule has 0 aromatic heterocycles. The van der Waals surface area contributed by atoms with Crippen LogP contribution in [0.15, 0.2) is 0 Å². The van der Waals surface area contributed by atoms with Crippen LogP contribution in [0.4, 0.5) is 0 Å². The fourth-order valence-electron chi connectivity index (χ4n) is 12.3. The van der Waals surface area contributed by atoms with Gasteiger partial charge in [-0.05, 0) is 43.4 Å². The summed E-state index contributed by atoms with van der Waals surface area (Å²) in [5.41, 5.74) is 0. The molecule has 0 aromatic rings. The molecule has 0 bridgehead atoms. The Labute approximate surface area is 607 Å². The summed E-state index contributed by atoms with van der Waals surface area (Å²) in [7, 11) is -9.92. The first kappa shape index (κ1) is 97.1. The molecule has 17 nitrogen and oxygen atoms in total. The molecule has 0 aromatic carbocycles. The van der Waals surface area contributed by atoms with Gasteiger partial charge in [-0.3, -0.25) is 37.3 Å². The van der Waals surface area contributed by atoms with E-state index in [9.17, 15) is 43.2 Å². The van der Waals surface area contributed by atoms with Gasteiger partial charge in [0.05, 0.1) is 26.4 Å². The minimum atomic E-state index is -4.96. The molecule has 3 N–H and O–H groups in total. The Kier molecular flexibility index (Phi) is 69.0. The minimum Gasteiger partial charge on any atom is -0.462 e. The number of hydrogen-bond acceptors (Lipinski definition) is 15. The number of carbonyl (C=O) groups is 4. The van der Waals surface area contributed by atoms with E-state index in [1.165, 1.54) is 225 Å². The average molecular weight is 1450 g/mol. The maximum absolute atomic E-state index is 13.1. The Bertz CT molecular complexity index is 1920. The third-order valence-electron chi connectivity index (χ3n) is 19.0. The van der Waals surface area contributed by atoms with E-state index in [-0.39, 0.29) is 25.7 Å². The van der Waals surface area contributed by atoms with E-state index in [0.29, 0.717) is 25.7 Å². The second kappa shape index (κ2) is 70.4. The van der Waals surface area contributed by atoms with Gasteiger partial charge in [0.15, 0.2) is 12.2 Å². The SMILES string of the molecule is CCCCCCCCCCCCCCCCCCCCCC(=O)O[C@H](COC(=O)CCCCCCCCCCCCCCCCC(C)CC)COP(=O)(O)OC[C@@H](O)COP(=O)(O)OC[C@@H](COC(=O)CCCCCCCCCCC(C)C)OC(=O)CCCCCCCCCCC(C)C. The van der Waals surface area contributed by atoms with Crippen molar-refractivity contribution in [3.8, 4) is 0 Å². The first-order valence-corrected chi connectivity index (χ1v) is 44.4. The number of unbranched alkanes of at least 4 members (excludes halogenated alkanes) is 45. The van der Waals surface area contributed by atoms with Crippen LogP contribution in [0.3, 0.4) is 0 Å². The van der Waals surface area contributed by atoms with Crippen molar-refractivity contribution in [1.82, 2.24) is 0 Å². The van der Waals surface area contributed by atoms with Gasteiger partial charge < -0.3 is 33.8 Å². The smallest absolute Gasteiger partial charge is 0.462 e. The number of carbonyl (C=O) groups excluding carboxylic acids is 4. The Morgan fingerprint density at radius 1 is 0.293 bits per heavy atom. The van der Waals surface area contributed by atoms with Crippen LogP contribution >= 0.6 is 15.6 Å². The monoisotopic (exact) mass is 1450 g/mol. The fraction of sp³-hybridized carbons (Fsp3) is 0.950. The molecular weight excluding hydrogens is 1290 g/mol. The number of aliphatic hydroxyl groups is 1. The van der Waals surface area contributed by atoms with Crippen LogP contribution < -0.4 is 0 Å². The van der Waals surface area contributed by atoms with Gasteiger partial charge in [-0.25, -0.2) is 9.13 Å². The van der Waals surface area contributed by atoms with Crippen LogP contribution in [0.2, 0.25) is 0 Å². The van der Waals surface area contributed by atoms with Gasteiger partial charge in [0.2, 0.25) is 0 Å². The van der Waals surface area contributed by atoms with Gasteiger partial charge in [-0.2, -0.15) is 0 Å². The van der Waals surface area contributed by atoms with Gasteiger partial charge in [-0.1, -0.05) is 363 Å². The normalized spacial score (nSPS) is 14.3. The van der Waals surface area contributed by atoms with Crippen molar-refractivity contribution >= 4 is 39.5 Å². The number of rotatable bonds is 78. The first-order valence-electron chi connectivity index (χ1n) is 41.4. The predicted octanol–water partition coefficient (Wildman–Crippen LogP) is 23.7. The molecule has 0 saturated heterocycles. The molecule has 0 saturated carbocycles. The molecule has 6 atom stereocenters. The van der Waals surface area contributed by atoms with Crippen LogP contribution in [-0.2, 0) is 65.4 Å². The fourth-order valence-corrected chi connectivity index (χ4v) is 13.9. The van der Waals surface area contributed by atoms with Gasteiger partial charge in [0, 0.05) is 25.7 Å². The zero-order valence-corrected chi connectivity index (χ0v) is 66.8. The van der Waals surface area contributed by atoms with Crippen molar-refractivity contribution in [1.29, 1.82) is 0 Å². The summed E-state index contributed by atoms with van der Waals surface area (Å²) in [6, 6.07) is 0. The van der Waals surface area contributed by atoms with Crippen LogP contribution in [0, 0.1) is 17.8 Å². The first-order chi connectivity index (χ1) is 47.8. The number of phosphoric ester groups is 2. The predicted molar refractivity (Wildman–Crippen MR) is 405 cm³/mol. The van der Waals surface area contributed by atoms with E-state index in [0.717, 1.165) is 108 Å². The molecule has 99 heavy (non-hydrogen) atoms. The van der Waals surface area contributed by atoms with Gasteiger partial charge in [0.1, 0.15) is 19.3 Å². The Hall–Kier alpha value is -1.94. The Balaban J connectivity index is 5.23. The lowest BCUT2D eigenvalue weighted by Gasteiger charge is -2.21. The van der Waals surface area contributed by atoms with E-state index in [1.807, 2.05) is 0 Å². The van der Waals surface area contributed by atoms with E-state index < -0.39 is 97.5 Å². The van der Waals surface area contributed by atoms with Crippen molar-refractivity contribution in [2.75, 3.05) is 39.6 Å². The molecule has 0 aliphatic heterocycles. The molecule has 0 aliphatic rings. The number of aliphatic hydroxyl groups excluding tert-OH is 1. The highest BCUT2D eigenvalue weighted by molar-refractivity contribution is 7.47. The topological polar surface area (TPSA) is 237 Å². The molecule has 0 aliphatic carbocycles. The zero-order valence-electron chi connectivity index (χ0n) is 65.0. The molecule has 0 fully saturated rings. The zero-order chi connectivity index (χ0) is 73.0. The minimum absolute atomic E-state index is 0.104. The van der Waals surface area contributed by atoms with Crippen molar-refractivity contribution in [3.63, 3.8) is 0 Å². The number of esters is 4. The van der Waals surface area contributed by atoms with E-state index in [1.54, 1.807) is 0 Å². The van der Waals surface area contributed by atoms with Crippen LogP contribution in [0.5, 0.6) is 0 Å². The number of phosphoric acid groups is 2. The summed E-state index contributed by atoms with van der Waals surface area (Å²) in [5.74, 6) is 0.180. The van der Waals surface area contributed by atoms with E-state index in [4.69, 9.17) is 37.0 Å². The number of hydrogen-bond donors (Lipinski definition) is 3. The standard InChI is InChI=1S/C80H156O17P2/c1-8-10-11-12-13-14-15-16-17-18-19-20-21-26-29-32-42-49-56-63-79(84)96-75(67-90-77(82)61-54-47-40-31-28-25-23-22-24-27-30-39-46-53-60-73(7)9-2)69-94-98(86,87)92-65-74(81)66-93-99(88,89)95-70-76(97-80(85)64-57-50-43-36-34-38-45-52-59-72(5)6)68-91-78(83)62-55-48-41-35-33-37-44-51-58-71(3)4/h71-76,81H,8-70H2,1-7H3,(H,86,87)(H,88,89)/t73?,74-,75-,76-/m1/s1. The molecule has 0 amide bonds. The third-order valence-corrected chi connectivity index (χ3v) is 20.9. The van der Waals surface area contributed by atoms with Crippen molar-refractivity contribution < 1.29 is 80.2 Å². The highest BCUT2D eigenvalue weighted by Crippen LogP contribution is 2.45. The molecular formula is C80H156O17P2. The summed E-state index contributed by atoms with van der Waals surface area (Å²) in [4.78, 5) is 73.0. The van der Waals surface area contributed by atoms with Crippen molar-refractivity contribution in [3.05, 3.63) is 0 Å². The molecule has 0 spiro atoms. The van der Waals surface area contributed by atoms with Gasteiger partial charge >= 0.3 is 39.5 Å². The van der Waals surface area contributed by atoms with Crippen molar-refractivity contribution in [2.45, 2.75) is 433 Å². The maximum atomic E-state index is 13.1. The molecule has 3 unspecified atom stereocenters. The lowest BCUT2D eigenvalue weighted by Crippen LogP contribution is -2.30. The summed E-state index contributed by atoms with van der Waals surface area (Å²) in [6.07, 6.45) is 58.4. The Morgan fingerprint density at radius 3 is 0.768 bits per heavy atom. The lowest BCUT2D eigenvalue weighted by molar-refractivity contribution is -0.161. The summed E-state index contributed by atoms with van der Waals surface area (Å²) >= 11 is 0. The summed E-state index contributed by atoms with van der Waals surface area (Å²) in [5, 5.41) is 10.6. The molecule has 0 rings (SSSR count).